The molecule has 0 aliphatic heterocycles. The number of rotatable bonds is 7. The van der Waals surface area contributed by atoms with Crippen LogP contribution in [0.3, 0.4) is 0 Å². The van der Waals surface area contributed by atoms with Gasteiger partial charge in [0, 0.05) is 18.3 Å². The zero-order chi connectivity index (χ0) is 13.5. The highest BCUT2D eigenvalue weighted by atomic mass is 16.3. The van der Waals surface area contributed by atoms with Gasteiger partial charge in [-0.2, -0.15) is 0 Å². The molecule has 1 amide bonds. The first-order valence-corrected chi connectivity index (χ1v) is 5.85. The summed E-state index contributed by atoms with van der Waals surface area (Å²) < 4.78 is 0. The molecule has 0 saturated carbocycles. The minimum atomic E-state index is -0.610. The molecule has 0 bridgehead atoms. The van der Waals surface area contributed by atoms with Gasteiger partial charge < -0.3 is 15.5 Å². The molecule has 0 aliphatic carbocycles. The first kappa shape index (κ1) is 16.1. The van der Waals surface area contributed by atoms with Crippen LogP contribution in [-0.4, -0.2) is 41.2 Å². The summed E-state index contributed by atoms with van der Waals surface area (Å²) in [5.41, 5.74) is -0.366. The second-order valence-corrected chi connectivity index (χ2v) is 5.16. The number of aliphatic hydroxyl groups excluding tert-OH is 2. The van der Waals surface area contributed by atoms with Gasteiger partial charge in [0.05, 0.1) is 19.3 Å². The van der Waals surface area contributed by atoms with Gasteiger partial charge in [-0.1, -0.05) is 20.8 Å². The fourth-order valence-corrected chi connectivity index (χ4v) is 1.23. The van der Waals surface area contributed by atoms with Crippen molar-refractivity contribution in [3.05, 3.63) is 0 Å². The minimum absolute atomic E-state index is 0.131. The van der Waals surface area contributed by atoms with E-state index in [2.05, 4.69) is 5.32 Å². The molecule has 0 aromatic carbocycles. The lowest BCUT2D eigenvalue weighted by molar-refractivity contribution is -0.126. The largest absolute Gasteiger partial charge is 0.394 e. The van der Waals surface area contributed by atoms with Crippen LogP contribution in [0.15, 0.2) is 0 Å². The fourth-order valence-electron chi connectivity index (χ4n) is 1.23. The summed E-state index contributed by atoms with van der Waals surface area (Å²) in [6.45, 7) is 4.97. The highest BCUT2D eigenvalue weighted by Crippen LogP contribution is 2.18. The Kier molecular flexibility index (Phi) is 6.99. The van der Waals surface area contributed by atoms with Gasteiger partial charge in [-0.05, 0) is 6.42 Å². The maximum absolute atomic E-state index is 11.6. The molecule has 0 saturated heterocycles. The van der Waals surface area contributed by atoms with Gasteiger partial charge in [0.2, 0.25) is 5.91 Å². The Hall–Kier alpha value is -0.940. The smallest absolute Gasteiger partial charge is 0.220 e. The third-order valence-corrected chi connectivity index (χ3v) is 2.45. The molecule has 100 valence electrons. The normalized spacial score (nSPS) is 11.6. The predicted molar refractivity (Wildman–Crippen MR) is 64.4 cm³/mol. The van der Waals surface area contributed by atoms with Crippen molar-refractivity contribution in [3.63, 3.8) is 0 Å². The molecule has 5 heteroatoms. The summed E-state index contributed by atoms with van der Waals surface area (Å²) in [6.07, 6.45) is 1.10. The molecule has 5 nitrogen and oxygen atoms in total. The number of ketones is 1. The highest BCUT2D eigenvalue weighted by Gasteiger charge is 2.20. The molecule has 0 aromatic heterocycles. The van der Waals surface area contributed by atoms with Crippen LogP contribution in [0.5, 0.6) is 0 Å². The van der Waals surface area contributed by atoms with Crippen LogP contribution >= 0.6 is 0 Å². The van der Waals surface area contributed by atoms with Gasteiger partial charge in [0.15, 0.2) is 0 Å². The van der Waals surface area contributed by atoms with Gasteiger partial charge in [-0.15, -0.1) is 0 Å². The number of carbonyl (C=O) groups excluding carboxylic acids is 2. The third kappa shape index (κ3) is 7.07. The number of aliphatic hydroxyl groups is 2. The molecule has 0 spiro atoms. The molecule has 0 rings (SSSR count). The Morgan fingerprint density at radius 3 is 2.06 bits per heavy atom. The Morgan fingerprint density at radius 1 is 1.12 bits per heavy atom. The van der Waals surface area contributed by atoms with Gasteiger partial charge in [-0.3, -0.25) is 9.59 Å². The lowest BCUT2D eigenvalue weighted by atomic mass is 9.88. The number of amides is 1. The maximum Gasteiger partial charge on any atom is 0.220 e. The number of nitrogens with one attached hydrogen (secondary N) is 1. The first-order chi connectivity index (χ1) is 7.81. The minimum Gasteiger partial charge on any atom is -0.394 e. The van der Waals surface area contributed by atoms with Crippen molar-refractivity contribution in [1.82, 2.24) is 5.32 Å². The molecule has 17 heavy (non-hydrogen) atoms. The number of Topliss-reactive ketones (excluding diaryl/α,β-unsaturated/α-hetero) is 1. The Morgan fingerprint density at radius 2 is 1.65 bits per heavy atom. The second kappa shape index (κ2) is 7.40. The third-order valence-electron chi connectivity index (χ3n) is 2.45. The molecule has 0 unspecified atom stereocenters. The SMILES string of the molecule is CC(C)(C)C(=O)CCCC(=O)NC(CO)CO. The molecule has 0 fully saturated rings. The number of hydrogen-bond donors (Lipinski definition) is 3. The summed E-state index contributed by atoms with van der Waals surface area (Å²) in [6, 6.07) is -0.610. The topological polar surface area (TPSA) is 86.6 Å². The van der Waals surface area contributed by atoms with E-state index in [1.54, 1.807) is 0 Å². The van der Waals surface area contributed by atoms with Crippen molar-refractivity contribution in [2.24, 2.45) is 5.41 Å². The van der Waals surface area contributed by atoms with E-state index in [0.717, 1.165) is 0 Å². The van der Waals surface area contributed by atoms with E-state index in [-0.39, 0.29) is 36.7 Å². The van der Waals surface area contributed by atoms with Gasteiger partial charge in [0.1, 0.15) is 5.78 Å². The van der Waals surface area contributed by atoms with E-state index in [4.69, 9.17) is 10.2 Å². The van der Waals surface area contributed by atoms with Crippen LogP contribution in [0, 0.1) is 5.41 Å². The van der Waals surface area contributed by atoms with Crippen molar-refractivity contribution >= 4 is 11.7 Å². The highest BCUT2D eigenvalue weighted by molar-refractivity contribution is 5.84. The van der Waals surface area contributed by atoms with E-state index in [0.29, 0.717) is 12.8 Å². The van der Waals surface area contributed by atoms with Crippen LogP contribution in [0.4, 0.5) is 0 Å². The van der Waals surface area contributed by atoms with Gasteiger partial charge in [0.25, 0.3) is 0 Å². The molecule has 0 aliphatic rings. The molecular weight excluding hydrogens is 222 g/mol. The van der Waals surface area contributed by atoms with E-state index in [1.807, 2.05) is 20.8 Å². The summed E-state index contributed by atoms with van der Waals surface area (Å²) in [5, 5.41) is 20.0. The second-order valence-electron chi connectivity index (χ2n) is 5.16. The zero-order valence-corrected chi connectivity index (χ0v) is 10.8. The fraction of sp³-hybridized carbons (Fsp3) is 0.833. The lowest BCUT2D eigenvalue weighted by Gasteiger charge is -2.16. The van der Waals surface area contributed by atoms with Crippen LogP contribution in [0.25, 0.3) is 0 Å². The lowest BCUT2D eigenvalue weighted by Crippen LogP contribution is -2.40. The van der Waals surface area contributed by atoms with Crippen LogP contribution < -0.4 is 5.32 Å². The average Bonchev–Trinajstić information content (AvgIpc) is 2.24. The monoisotopic (exact) mass is 245 g/mol. The quantitative estimate of drug-likeness (QED) is 0.599. The molecule has 0 aromatic rings. The van der Waals surface area contributed by atoms with Crippen LogP contribution in [0.1, 0.15) is 40.0 Å². The number of carbonyl (C=O) groups is 2. The van der Waals surface area contributed by atoms with Crippen LogP contribution in [0.2, 0.25) is 0 Å². The van der Waals surface area contributed by atoms with Gasteiger partial charge in [-0.25, -0.2) is 0 Å². The van der Waals surface area contributed by atoms with Crippen molar-refractivity contribution in [2.75, 3.05) is 13.2 Å². The molecule has 0 atom stereocenters. The van der Waals surface area contributed by atoms with E-state index in [1.165, 1.54) is 0 Å². The Labute approximate surface area is 102 Å². The van der Waals surface area contributed by atoms with E-state index in [9.17, 15) is 9.59 Å². The summed E-state index contributed by atoms with van der Waals surface area (Å²) in [5.74, 6) is -0.119. The summed E-state index contributed by atoms with van der Waals surface area (Å²) in [7, 11) is 0. The van der Waals surface area contributed by atoms with Gasteiger partial charge >= 0.3 is 0 Å². The first-order valence-electron chi connectivity index (χ1n) is 5.85. The van der Waals surface area contributed by atoms with Crippen LogP contribution in [-0.2, 0) is 9.59 Å². The van der Waals surface area contributed by atoms with Crippen molar-refractivity contribution < 1.29 is 19.8 Å². The van der Waals surface area contributed by atoms with Crippen molar-refractivity contribution in [1.29, 1.82) is 0 Å². The molecule has 0 heterocycles. The van der Waals surface area contributed by atoms with E-state index >= 15 is 0 Å². The Bertz CT molecular complexity index is 254. The van der Waals surface area contributed by atoms with E-state index < -0.39 is 6.04 Å². The standard InChI is InChI=1S/C12H23NO4/c1-12(2,3)10(16)5-4-6-11(17)13-9(7-14)8-15/h9,14-15H,4-8H2,1-3H3,(H,13,17). The Balaban J connectivity index is 3.83. The molecule has 3 N–H and O–H groups in total. The molecule has 0 radical (unpaired) electrons. The zero-order valence-electron chi connectivity index (χ0n) is 10.8. The van der Waals surface area contributed by atoms with Crippen molar-refractivity contribution in [2.45, 2.75) is 46.1 Å². The van der Waals surface area contributed by atoms with Crippen molar-refractivity contribution in [3.8, 4) is 0 Å². The summed E-state index contributed by atoms with van der Waals surface area (Å²) in [4.78, 5) is 22.9. The maximum atomic E-state index is 11.6. The summed E-state index contributed by atoms with van der Waals surface area (Å²) >= 11 is 0. The number of hydrogen-bond acceptors (Lipinski definition) is 4. The average molecular weight is 245 g/mol. The predicted octanol–water partition coefficient (Wildman–Crippen LogP) is 0.241. The molecular formula is C12H23NO4.